The van der Waals surface area contributed by atoms with Crippen molar-refractivity contribution < 1.29 is 0 Å². The standard InChI is InChI=1S/C15H22BrNS/c1-12-5-4-6-13(11-12)18-10-9-17-15-8-3-2-7-14(15)16/h2-3,7-8,12-13,17H,4-6,9-11H2,1H3. The number of halogens is 1. The molecule has 1 nitrogen and oxygen atoms in total. The zero-order valence-corrected chi connectivity index (χ0v) is 13.4. The van der Waals surface area contributed by atoms with E-state index < -0.39 is 0 Å². The molecule has 1 fully saturated rings. The summed E-state index contributed by atoms with van der Waals surface area (Å²) in [7, 11) is 0. The molecular formula is C15H22BrNS. The van der Waals surface area contributed by atoms with Crippen molar-refractivity contribution in [3.8, 4) is 0 Å². The lowest BCUT2D eigenvalue weighted by Crippen LogP contribution is -2.17. The van der Waals surface area contributed by atoms with Crippen LogP contribution in [0.3, 0.4) is 0 Å². The molecule has 0 bridgehead atoms. The molecule has 100 valence electrons. The van der Waals surface area contributed by atoms with E-state index in [-0.39, 0.29) is 0 Å². The van der Waals surface area contributed by atoms with Crippen LogP contribution < -0.4 is 5.32 Å². The van der Waals surface area contributed by atoms with Gasteiger partial charge in [-0.3, -0.25) is 0 Å². The first-order chi connectivity index (χ1) is 8.75. The maximum atomic E-state index is 3.56. The molecule has 0 aromatic heterocycles. The topological polar surface area (TPSA) is 12.0 Å². The molecule has 0 saturated heterocycles. The van der Waals surface area contributed by atoms with E-state index >= 15 is 0 Å². The fourth-order valence-corrected chi connectivity index (χ4v) is 4.32. The Labute approximate surface area is 123 Å². The van der Waals surface area contributed by atoms with Crippen molar-refractivity contribution in [1.29, 1.82) is 0 Å². The quantitative estimate of drug-likeness (QED) is 0.748. The molecule has 1 N–H and O–H groups in total. The highest BCUT2D eigenvalue weighted by Crippen LogP contribution is 2.31. The van der Waals surface area contributed by atoms with Crippen molar-refractivity contribution in [1.82, 2.24) is 0 Å². The molecule has 0 amide bonds. The molecule has 2 unspecified atom stereocenters. The Hall–Kier alpha value is -0.150. The van der Waals surface area contributed by atoms with E-state index in [4.69, 9.17) is 0 Å². The number of anilines is 1. The maximum absolute atomic E-state index is 3.56. The highest BCUT2D eigenvalue weighted by Gasteiger charge is 2.18. The zero-order valence-electron chi connectivity index (χ0n) is 11.0. The van der Waals surface area contributed by atoms with Crippen molar-refractivity contribution in [2.45, 2.75) is 37.9 Å². The number of hydrogen-bond donors (Lipinski definition) is 1. The summed E-state index contributed by atoms with van der Waals surface area (Å²) in [6.45, 7) is 3.45. The highest BCUT2D eigenvalue weighted by molar-refractivity contribution is 9.10. The van der Waals surface area contributed by atoms with Gasteiger partial charge in [-0.25, -0.2) is 0 Å². The van der Waals surface area contributed by atoms with Crippen LogP contribution >= 0.6 is 27.7 Å². The average molecular weight is 328 g/mol. The fourth-order valence-electron chi connectivity index (χ4n) is 2.55. The van der Waals surface area contributed by atoms with Gasteiger partial charge in [-0.2, -0.15) is 11.8 Å². The van der Waals surface area contributed by atoms with Crippen molar-refractivity contribution >= 4 is 33.4 Å². The van der Waals surface area contributed by atoms with Gasteiger partial charge in [0, 0.05) is 27.7 Å². The summed E-state index contributed by atoms with van der Waals surface area (Å²) >= 11 is 5.71. The first kappa shape index (κ1) is 14.3. The molecule has 1 saturated carbocycles. The highest BCUT2D eigenvalue weighted by atomic mass is 79.9. The molecule has 1 aliphatic carbocycles. The first-order valence-electron chi connectivity index (χ1n) is 6.85. The Balaban J connectivity index is 1.65. The van der Waals surface area contributed by atoms with Crippen LogP contribution in [0.2, 0.25) is 0 Å². The van der Waals surface area contributed by atoms with Crippen LogP contribution in [0.25, 0.3) is 0 Å². The SMILES string of the molecule is CC1CCCC(SCCNc2ccccc2Br)C1. The van der Waals surface area contributed by atoms with E-state index in [1.807, 2.05) is 6.07 Å². The van der Waals surface area contributed by atoms with Crippen LogP contribution in [0, 0.1) is 5.92 Å². The van der Waals surface area contributed by atoms with E-state index in [0.717, 1.165) is 22.2 Å². The van der Waals surface area contributed by atoms with Gasteiger partial charge in [0.15, 0.2) is 0 Å². The molecule has 2 rings (SSSR count). The Morgan fingerprint density at radius 2 is 2.17 bits per heavy atom. The predicted molar refractivity (Wildman–Crippen MR) is 86.5 cm³/mol. The number of thioether (sulfide) groups is 1. The lowest BCUT2D eigenvalue weighted by Gasteiger charge is -2.26. The molecule has 0 spiro atoms. The zero-order chi connectivity index (χ0) is 12.8. The summed E-state index contributed by atoms with van der Waals surface area (Å²) in [5.41, 5.74) is 1.20. The van der Waals surface area contributed by atoms with Crippen LogP contribution in [0.1, 0.15) is 32.6 Å². The van der Waals surface area contributed by atoms with Gasteiger partial charge in [-0.15, -0.1) is 0 Å². The summed E-state index contributed by atoms with van der Waals surface area (Å²) in [6.07, 6.45) is 5.70. The first-order valence-corrected chi connectivity index (χ1v) is 8.70. The molecule has 0 heterocycles. The minimum Gasteiger partial charge on any atom is -0.383 e. The van der Waals surface area contributed by atoms with E-state index in [1.165, 1.54) is 37.1 Å². The molecule has 1 aromatic rings. The van der Waals surface area contributed by atoms with Crippen molar-refractivity contribution in [2.75, 3.05) is 17.6 Å². The molecular weight excluding hydrogens is 306 g/mol. The largest absolute Gasteiger partial charge is 0.383 e. The van der Waals surface area contributed by atoms with Gasteiger partial charge >= 0.3 is 0 Å². The second-order valence-corrected chi connectivity index (χ2v) is 7.43. The van der Waals surface area contributed by atoms with Crippen LogP contribution in [0.15, 0.2) is 28.7 Å². The number of para-hydroxylation sites is 1. The molecule has 2 atom stereocenters. The van der Waals surface area contributed by atoms with E-state index in [2.05, 4.69) is 58.1 Å². The molecule has 0 radical (unpaired) electrons. The number of nitrogens with one attached hydrogen (secondary N) is 1. The predicted octanol–water partition coefficient (Wildman–Crippen LogP) is 5.17. The van der Waals surface area contributed by atoms with E-state index in [9.17, 15) is 0 Å². The van der Waals surface area contributed by atoms with Gasteiger partial charge in [0.25, 0.3) is 0 Å². The lowest BCUT2D eigenvalue weighted by molar-refractivity contribution is 0.394. The van der Waals surface area contributed by atoms with Gasteiger partial charge < -0.3 is 5.32 Å². The second-order valence-electron chi connectivity index (χ2n) is 5.17. The third-order valence-corrected chi connectivity index (χ3v) is 5.56. The Morgan fingerprint density at radius 1 is 1.33 bits per heavy atom. The van der Waals surface area contributed by atoms with Gasteiger partial charge in [0.2, 0.25) is 0 Å². The lowest BCUT2D eigenvalue weighted by atomic mass is 9.91. The molecule has 3 heteroatoms. The van der Waals surface area contributed by atoms with Gasteiger partial charge in [-0.1, -0.05) is 31.9 Å². The Kier molecular flexibility index (Phi) is 5.90. The van der Waals surface area contributed by atoms with Crippen LogP contribution in [0.5, 0.6) is 0 Å². The summed E-state index contributed by atoms with van der Waals surface area (Å²) in [6, 6.07) is 8.33. The van der Waals surface area contributed by atoms with Gasteiger partial charge in [-0.05, 0) is 46.8 Å². The van der Waals surface area contributed by atoms with Crippen LogP contribution in [0.4, 0.5) is 5.69 Å². The number of benzene rings is 1. The van der Waals surface area contributed by atoms with Crippen molar-refractivity contribution in [3.63, 3.8) is 0 Å². The second kappa shape index (κ2) is 7.44. The minimum absolute atomic E-state index is 0.898. The third-order valence-electron chi connectivity index (χ3n) is 3.53. The fraction of sp³-hybridized carbons (Fsp3) is 0.600. The van der Waals surface area contributed by atoms with Gasteiger partial charge in [0.05, 0.1) is 0 Å². The molecule has 18 heavy (non-hydrogen) atoms. The molecule has 1 aliphatic rings. The molecule has 1 aromatic carbocycles. The monoisotopic (exact) mass is 327 g/mol. The van der Waals surface area contributed by atoms with Crippen molar-refractivity contribution in [2.24, 2.45) is 5.92 Å². The maximum Gasteiger partial charge on any atom is 0.0484 e. The van der Waals surface area contributed by atoms with Gasteiger partial charge in [0.1, 0.15) is 0 Å². The summed E-state index contributed by atoms with van der Waals surface area (Å²) < 4.78 is 1.15. The third kappa shape index (κ3) is 4.51. The smallest absolute Gasteiger partial charge is 0.0484 e. The Morgan fingerprint density at radius 3 is 2.94 bits per heavy atom. The number of rotatable bonds is 5. The number of hydrogen-bond acceptors (Lipinski definition) is 2. The Bertz CT molecular complexity index is 369. The van der Waals surface area contributed by atoms with E-state index in [1.54, 1.807) is 0 Å². The van der Waals surface area contributed by atoms with Crippen LogP contribution in [-0.4, -0.2) is 17.5 Å². The average Bonchev–Trinajstić information content (AvgIpc) is 2.37. The summed E-state index contributed by atoms with van der Waals surface area (Å²) in [5, 5.41) is 4.39. The summed E-state index contributed by atoms with van der Waals surface area (Å²) in [4.78, 5) is 0. The van der Waals surface area contributed by atoms with Crippen LogP contribution in [-0.2, 0) is 0 Å². The molecule has 0 aliphatic heterocycles. The normalized spacial score (nSPS) is 23.9. The van der Waals surface area contributed by atoms with Crippen molar-refractivity contribution in [3.05, 3.63) is 28.7 Å². The van der Waals surface area contributed by atoms with E-state index in [0.29, 0.717) is 0 Å². The minimum atomic E-state index is 0.898. The summed E-state index contributed by atoms with van der Waals surface area (Å²) in [5.74, 6) is 2.14.